The summed E-state index contributed by atoms with van der Waals surface area (Å²) in [6, 6.07) is 67.0. The van der Waals surface area contributed by atoms with Gasteiger partial charge in [-0.15, -0.1) is 0 Å². The Morgan fingerprint density at radius 2 is 1.25 bits per heavy atom. The predicted octanol–water partition coefficient (Wildman–Crippen LogP) is 17.8. The van der Waals surface area contributed by atoms with Gasteiger partial charge >= 0.3 is 0 Å². The number of hydrogen-bond acceptors (Lipinski definition) is 1. The van der Waals surface area contributed by atoms with Crippen LogP contribution in [0, 0.1) is 6.92 Å². The summed E-state index contributed by atoms with van der Waals surface area (Å²) in [5.41, 5.74) is 22.9. The van der Waals surface area contributed by atoms with E-state index in [1.807, 2.05) is 0 Å². The second kappa shape index (κ2) is 17.0. The number of aryl methyl sites for hydroxylation is 1. The van der Waals surface area contributed by atoms with Gasteiger partial charge < -0.3 is 9.47 Å². The first-order valence-electron chi connectivity index (χ1n) is 23.6. The number of fused-ring (bicyclic) bond motifs is 6. The lowest BCUT2D eigenvalue weighted by Gasteiger charge is -2.27. The van der Waals surface area contributed by atoms with E-state index in [-0.39, 0.29) is 0 Å². The highest BCUT2D eigenvalue weighted by Gasteiger charge is 2.25. The van der Waals surface area contributed by atoms with Crippen molar-refractivity contribution in [2.24, 2.45) is 0 Å². The zero-order valence-electron chi connectivity index (χ0n) is 37.7. The Kier molecular flexibility index (Phi) is 10.2. The largest absolute Gasteiger partial charge is 0.310 e. The van der Waals surface area contributed by atoms with Gasteiger partial charge in [-0.3, -0.25) is 0 Å². The van der Waals surface area contributed by atoms with Crippen molar-refractivity contribution in [3.05, 3.63) is 264 Å². The number of nitrogens with zero attached hydrogens (tertiary/aromatic N) is 2. The molecular formula is C65H50N2. The van der Waals surface area contributed by atoms with Crippen LogP contribution in [0.2, 0.25) is 0 Å². The molecule has 0 saturated carbocycles. The van der Waals surface area contributed by atoms with Crippen LogP contribution in [-0.2, 0) is 0 Å². The molecule has 2 nitrogen and oxygen atoms in total. The van der Waals surface area contributed by atoms with Crippen molar-refractivity contribution >= 4 is 56.2 Å². The van der Waals surface area contributed by atoms with Crippen LogP contribution >= 0.6 is 0 Å². The second-order valence-corrected chi connectivity index (χ2v) is 18.1. The minimum atomic E-state index is 0.390. The third-order valence-electron chi connectivity index (χ3n) is 14.1. The molecule has 0 saturated heterocycles. The summed E-state index contributed by atoms with van der Waals surface area (Å²) >= 11 is 0. The van der Waals surface area contributed by atoms with Gasteiger partial charge in [-0.25, -0.2) is 0 Å². The minimum Gasteiger partial charge on any atom is -0.310 e. The summed E-state index contributed by atoms with van der Waals surface area (Å²) < 4.78 is 2.44. The van der Waals surface area contributed by atoms with Gasteiger partial charge in [0.2, 0.25) is 0 Å². The molecule has 1 aromatic heterocycles. The summed E-state index contributed by atoms with van der Waals surface area (Å²) in [6.07, 6.45) is 21.4. The van der Waals surface area contributed by atoms with E-state index in [1.54, 1.807) is 0 Å². The first-order chi connectivity index (χ1) is 33.1. The van der Waals surface area contributed by atoms with E-state index in [4.69, 9.17) is 0 Å². The van der Waals surface area contributed by atoms with Crippen molar-refractivity contribution in [2.75, 3.05) is 4.90 Å². The Morgan fingerprint density at radius 3 is 2.04 bits per heavy atom. The fraction of sp³-hybridized carbons (Fsp3) is 0.0769. The van der Waals surface area contributed by atoms with Gasteiger partial charge in [-0.1, -0.05) is 177 Å². The zero-order valence-corrected chi connectivity index (χ0v) is 37.7. The monoisotopic (exact) mass is 858 g/mol. The van der Waals surface area contributed by atoms with Gasteiger partial charge in [0, 0.05) is 39.4 Å². The topological polar surface area (TPSA) is 8.17 Å². The zero-order chi connectivity index (χ0) is 44.8. The Labute approximate surface area is 393 Å². The summed E-state index contributed by atoms with van der Waals surface area (Å²) in [6.45, 7) is 6.82. The highest BCUT2D eigenvalue weighted by Crippen LogP contribution is 2.47. The fourth-order valence-electron chi connectivity index (χ4n) is 10.6. The van der Waals surface area contributed by atoms with Crippen molar-refractivity contribution in [3.8, 4) is 33.4 Å². The molecule has 0 aliphatic heterocycles. The van der Waals surface area contributed by atoms with E-state index in [0.717, 1.165) is 41.9 Å². The Balaban J connectivity index is 0.945. The molecule has 9 aromatic rings. The summed E-state index contributed by atoms with van der Waals surface area (Å²) in [7, 11) is 0. The number of para-hydroxylation sites is 1. The molecule has 1 unspecified atom stereocenters. The maximum absolute atomic E-state index is 4.60. The maximum Gasteiger partial charge on any atom is 0.0541 e. The van der Waals surface area contributed by atoms with Crippen LogP contribution < -0.4 is 4.90 Å². The number of rotatable bonds is 9. The summed E-state index contributed by atoms with van der Waals surface area (Å²) in [5.74, 6) is 0.390. The van der Waals surface area contributed by atoms with Crippen LogP contribution in [0.3, 0.4) is 0 Å². The minimum absolute atomic E-state index is 0.390. The number of hydrogen-bond donors (Lipinski definition) is 0. The van der Waals surface area contributed by atoms with Crippen LogP contribution in [0.5, 0.6) is 0 Å². The molecule has 0 N–H and O–H groups in total. The maximum atomic E-state index is 4.60. The first kappa shape index (κ1) is 40.3. The molecule has 8 aromatic carbocycles. The smallest absolute Gasteiger partial charge is 0.0541 e. The molecule has 3 aliphatic carbocycles. The molecule has 0 spiro atoms. The number of aromatic nitrogens is 1. The van der Waals surface area contributed by atoms with Crippen molar-refractivity contribution in [1.29, 1.82) is 0 Å². The molecule has 0 radical (unpaired) electrons. The highest BCUT2D eigenvalue weighted by atomic mass is 15.1. The normalized spacial score (nSPS) is 15.2. The third kappa shape index (κ3) is 7.32. The molecule has 0 amide bonds. The van der Waals surface area contributed by atoms with Crippen LogP contribution in [-0.4, -0.2) is 4.57 Å². The highest BCUT2D eigenvalue weighted by molar-refractivity contribution is 6.11. The Hall–Kier alpha value is -8.20. The van der Waals surface area contributed by atoms with E-state index in [1.165, 1.54) is 94.3 Å². The van der Waals surface area contributed by atoms with Crippen LogP contribution in [0.4, 0.5) is 17.1 Å². The van der Waals surface area contributed by atoms with Crippen molar-refractivity contribution in [1.82, 2.24) is 4.57 Å². The van der Waals surface area contributed by atoms with Crippen molar-refractivity contribution in [2.45, 2.75) is 32.1 Å². The van der Waals surface area contributed by atoms with Gasteiger partial charge in [0.15, 0.2) is 0 Å². The first-order valence-corrected chi connectivity index (χ1v) is 23.6. The molecule has 2 heteroatoms. The molecular weight excluding hydrogens is 809 g/mol. The molecule has 0 bridgehead atoms. The van der Waals surface area contributed by atoms with Crippen LogP contribution in [0.25, 0.3) is 72.5 Å². The third-order valence-corrected chi connectivity index (χ3v) is 14.1. The quantitative estimate of drug-likeness (QED) is 0.140. The van der Waals surface area contributed by atoms with E-state index in [9.17, 15) is 0 Å². The van der Waals surface area contributed by atoms with Gasteiger partial charge in [-0.05, 0) is 159 Å². The second-order valence-electron chi connectivity index (χ2n) is 18.1. The Bertz CT molecular complexity index is 3570. The predicted molar refractivity (Wildman–Crippen MR) is 286 cm³/mol. The summed E-state index contributed by atoms with van der Waals surface area (Å²) in [4.78, 5) is 2.41. The van der Waals surface area contributed by atoms with Crippen LogP contribution in [0.15, 0.2) is 237 Å². The van der Waals surface area contributed by atoms with Gasteiger partial charge in [0.1, 0.15) is 0 Å². The lowest BCUT2D eigenvalue weighted by molar-refractivity contribution is 0.850. The average Bonchev–Trinajstić information content (AvgIpc) is 3.87. The van der Waals surface area contributed by atoms with E-state index in [0.29, 0.717) is 5.92 Å². The molecule has 0 fully saturated rings. The fourth-order valence-corrected chi connectivity index (χ4v) is 10.6. The number of anilines is 3. The molecule has 1 heterocycles. The number of allylic oxidation sites excluding steroid dienone is 9. The van der Waals surface area contributed by atoms with Gasteiger partial charge in [-0.2, -0.15) is 0 Å². The van der Waals surface area contributed by atoms with Gasteiger partial charge in [0.25, 0.3) is 0 Å². The lowest BCUT2D eigenvalue weighted by atomic mass is 9.92. The standard InChI is InChI=1S/C65H50N2/c1-44-15-9-10-20-56(44)62-43-54(37-31-50(62)26-25-46-16-5-3-6-17-46)66(55-38-39-59-58-22-12-11-21-57(58)45(2)61(59)42-55)52-33-29-49(30-34-52)51-32-40-65-63(41-51)60-23-13-14-24-64(60)67(65)53-35-27-48(28-36-53)47-18-7-4-8-19-47/h3-5,7-16,18-27,29-43,48H,2,6,17,28H2,1H3/b26-25-. The molecule has 320 valence electrons. The lowest BCUT2D eigenvalue weighted by Crippen LogP contribution is -2.10. The van der Waals surface area contributed by atoms with E-state index in [2.05, 4.69) is 254 Å². The molecule has 67 heavy (non-hydrogen) atoms. The van der Waals surface area contributed by atoms with Gasteiger partial charge in [0.05, 0.1) is 11.0 Å². The number of benzene rings is 8. The SMILES string of the molecule is C=C1c2ccccc2-c2ccc(N(c3ccc(-c4ccc5c(c4)c4ccccc4n5C4=CCC(c5ccccc5)C=C4)cc3)c3ccc(/C=C\C4=CC=CCC4)c(-c4ccccc4C)c3)cc21. The molecule has 3 aliphatic rings. The van der Waals surface area contributed by atoms with Crippen molar-refractivity contribution < 1.29 is 0 Å². The van der Waals surface area contributed by atoms with Crippen molar-refractivity contribution in [3.63, 3.8) is 0 Å². The Morgan fingerprint density at radius 1 is 0.567 bits per heavy atom. The van der Waals surface area contributed by atoms with E-state index >= 15 is 0 Å². The van der Waals surface area contributed by atoms with E-state index < -0.39 is 0 Å². The van der Waals surface area contributed by atoms with Crippen LogP contribution in [0.1, 0.15) is 53.0 Å². The molecule has 1 atom stereocenters. The average molecular weight is 859 g/mol. The molecule has 12 rings (SSSR count). The summed E-state index contributed by atoms with van der Waals surface area (Å²) in [5, 5.41) is 2.52.